The van der Waals surface area contributed by atoms with Crippen LogP contribution < -0.4 is 0 Å². The Morgan fingerprint density at radius 2 is 1.65 bits per heavy atom. The number of fused-ring (bicyclic) bond motifs is 1. The van der Waals surface area contributed by atoms with Gasteiger partial charge in [-0.1, -0.05) is 88.4 Å². The van der Waals surface area contributed by atoms with Gasteiger partial charge in [0.2, 0.25) is 5.91 Å². The molecule has 0 spiro atoms. The van der Waals surface area contributed by atoms with Crippen LogP contribution in [0.1, 0.15) is 51.3 Å². The summed E-state index contributed by atoms with van der Waals surface area (Å²) in [5.41, 5.74) is 2.13. The molecule has 2 heterocycles. The lowest BCUT2D eigenvalue weighted by molar-refractivity contribution is -0.234. The van der Waals surface area contributed by atoms with E-state index in [4.69, 9.17) is 9.16 Å². The van der Waals surface area contributed by atoms with Gasteiger partial charge >= 0.3 is 0 Å². The monoisotopic (exact) mass is 437 g/mol. The molecule has 0 aliphatic carbocycles. The van der Waals surface area contributed by atoms with Crippen LogP contribution in [0.4, 0.5) is 0 Å². The van der Waals surface area contributed by atoms with Gasteiger partial charge < -0.3 is 9.16 Å². The van der Waals surface area contributed by atoms with Gasteiger partial charge in [0.1, 0.15) is 0 Å². The van der Waals surface area contributed by atoms with E-state index < -0.39 is 20.3 Å². The molecular formula is C26H35NO3Si. The van der Waals surface area contributed by atoms with Crippen molar-refractivity contribution in [1.29, 1.82) is 0 Å². The fraction of sp³-hybridized carbons (Fsp3) is 0.500. The van der Waals surface area contributed by atoms with Gasteiger partial charge in [-0.05, 0) is 41.6 Å². The third kappa shape index (κ3) is 3.99. The van der Waals surface area contributed by atoms with E-state index in [2.05, 4.69) is 65.1 Å². The first-order valence-corrected chi connectivity index (χ1v) is 14.2. The molecule has 0 bridgehead atoms. The molecule has 1 amide bonds. The molecule has 0 N–H and O–H groups in total. The maximum absolute atomic E-state index is 13.8. The zero-order valence-electron chi connectivity index (χ0n) is 19.6. The third-order valence-electron chi connectivity index (χ3n) is 7.31. The van der Waals surface area contributed by atoms with Crippen molar-refractivity contribution in [2.75, 3.05) is 0 Å². The van der Waals surface area contributed by atoms with Gasteiger partial charge in [0.05, 0.1) is 0 Å². The predicted molar refractivity (Wildman–Crippen MR) is 126 cm³/mol. The highest BCUT2D eigenvalue weighted by molar-refractivity contribution is 6.74. The molecule has 0 aromatic heterocycles. The number of benzene rings is 2. The van der Waals surface area contributed by atoms with E-state index in [1.807, 2.05) is 41.3 Å². The van der Waals surface area contributed by atoms with Gasteiger partial charge in [-0.3, -0.25) is 9.69 Å². The number of nitrogens with zero attached hydrogens (tertiary/aromatic N) is 1. The van der Waals surface area contributed by atoms with Crippen molar-refractivity contribution < 1.29 is 14.0 Å². The minimum Gasteiger partial charge on any atom is -0.374 e. The Morgan fingerprint density at radius 3 is 2.23 bits per heavy atom. The summed E-state index contributed by atoms with van der Waals surface area (Å²) in [6, 6.07) is 20.3. The Balaban J connectivity index is 1.73. The van der Waals surface area contributed by atoms with Crippen LogP contribution >= 0.6 is 0 Å². The second kappa shape index (κ2) is 7.87. The zero-order chi connectivity index (χ0) is 22.4. The summed E-state index contributed by atoms with van der Waals surface area (Å²) in [4.78, 5) is 15.8. The van der Waals surface area contributed by atoms with Crippen molar-refractivity contribution in [3.8, 4) is 0 Å². The van der Waals surface area contributed by atoms with Crippen LogP contribution in [0.5, 0.6) is 0 Å². The van der Waals surface area contributed by atoms with E-state index >= 15 is 0 Å². The van der Waals surface area contributed by atoms with Crippen molar-refractivity contribution in [3.05, 3.63) is 71.8 Å². The smallest absolute Gasteiger partial charge is 0.260 e. The van der Waals surface area contributed by atoms with E-state index in [1.54, 1.807) is 0 Å². The highest BCUT2D eigenvalue weighted by Gasteiger charge is 2.64. The Hall–Kier alpha value is -1.95. The first-order chi connectivity index (χ1) is 14.5. The minimum absolute atomic E-state index is 0.0193. The Bertz CT molecular complexity index is 925. The molecule has 0 saturated carbocycles. The number of rotatable bonds is 5. The third-order valence-corrected chi connectivity index (χ3v) is 11.8. The lowest BCUT2D eigenvalue weighted by Gasteiger charge is -2.44. The number of hydrogen-bond donors (Lipinski definition) is 0. The first-order valence-electron chi connectivity index (χ1n) is 11.3. The standard InChI is InChI=1S/C26H35NO3Si/c1-19-18-26(30-31(5,6)25(2,3)4)27(22(19)17-20-13-9-7-10-14-20)24(28)23(29-26)21-15-11-8-12-16-21/h7-16,19,22-23H,17-18H2,1-6H3/t19-,22+,23+,26+/m1/s1. The SMILES string of the molecule is C[C@@H]1C[C@@]2(O[Si](C)(C)C(C)(C)C)O[C@@H](c3ccccc3)C(=O)N2[C@H]1Cc1ccccc1. The maximum atomic E-state index is 13.8. The average Bonchev–Trinajstić information content (AvgIpc) is 3.12. The maximum Gasteiger partial charge on any atom is 0.260 e. The van der Waals surface area contributed by atoms with E-state index in [0.717, 1.165) is 12.0 Å². The molecule has 2 aliphatic rings. The van der Waals surface area contributed by atoms with Crippen LogP contribution in [-0.4, -0.2) is 31.1 Å². The van der Waals surface area contributed by atoms with Gasteiger partial charge in [0.25, 0.3) is 5.91 Å². The molecule has 2 aromatic carbocycles. The minimum atomic E-state index is -2.20. The fourth-order valence-electron chi connectivity index (χ4n) is 4.60. The average molecular weight is 438 g/mol. The second-order valence-electron chi connectivity index (χ2n) is 10.6. The Kier molecular flexibility index (Phi) is 5.65. The van der Waals surface area contributed by atoms with E-state index in [9.17, 15) is 4.79 Å². The normalized spacial score (nSPS) is 28.8. The van der Waals surface area contributed by atoms with Crippen LogP contribution in [-0.2, 0) is 20.4 Å². The highest BCUT2D eigenvalue weighted by atomic mass is 28.4. The topological polar surface area (TPSA) is 38.8 Å². The molecule has 2 aromatic rings. The summed E-state index contributed by atoms with van der Waals surface area (Å²) in [5.74, 6) is -0.680. The molecule has 2 aliphatic heterocycles. The van der Waals surface area contributed by atoms with Gasteiger partial charge in [0, 0.05) is 12.5 Å². The number of carbonyl (C=O) groups is 1. The van der Waals surface area contributed by atoms with Gasteiger partial charge in [0.15, 0.2) is 14.4 Å². The van der Waals surface area contributed by atoms with Crippen LogP contribution in [0.3, 0.4) is 0 Å². The molecule has 166 valence electrons. The van der Waals surface area contributed by atoms with Crippen molar-refractivity contribution >= 4 is 14.2 Å². The molecule has 2 saturated heterocycles. The van der Waals surface area contributed by atoms with Crippen molar-refractivity contribution in [3.63, 3.8) is 0 Å². The summed E-state index contributed by atoms with van der Waals surface area (Å²) >= 11 is 0. The number of carbonyl (C=O) groups excluding carboxylic acids is 1. The Morgan fingerprint density at radius 1 is 1.06 bits per heavy atom. The lowest BCUT2D eigenvalue weighted by Crippen LogP contribution is -2.56. The van der Waals surface area contributed by atoms with E-state index in [-0.39, 0.29) is 22.9 Å². The summed E-state index contributed by atoms with van der Waals surface area (Å²) in [7, 11) is -2.20. The summed E-state index contributed by atoms with van der Waals surface area (Å²) in [5, 5.41) is 0.0193. The van der Waals surface area contributed by atoms with E-state index in [0.29, 0.717) is 6.42 Å². The Labute approximate surface area is 187 Å². The van der Waals surface area contributed by atoms with Crippen molar-refractivity contribution in [1.82, 2.24) is 4.90 Å². The molecule has 4 rings (SSSR count). The van der Waals surface area contributed by atoms with Gasteiger partial charge in [-0.25, -0.2) is 0 Å². The summed E-state index contributed by atoms with van der Waals surface area (Å²) in [6.07, 6.45) is 0.893. The summed E-state index contributed by atoms with van der Waals surface area (Å²) in [6.45, 7) is 13.4. The van der Waals surface area contributed by atoms with Crippen molar-refractivity contribution in [2.45, 2.75) is 76.7 Å². The zero-order valence-corrected chi connectivity index (χ0v) is 20.6. The number of ether oxygens (including phenoxy) is 1. The van der Waals surface area contributed by atoms with Crippen LogP contribution in [0.25, 0.3) is 0 Å². The van der Waals surface area contributed by atoms with Gasteiger partial charge in [-0.15, -0.1) is 0 Å². The molecule has 5 heteroatoms. The number of amides is 1. The van der Waals surface area contributed by atoms with Gasteiger partial charge in [-0.2, -0.15) is 0 Å². The molecule has 0 unspecified atom stereocenters. The quantitative estimate of drug-likeness (QED) is 0.546. The summed E-state index contributed by atoms with van der Waals surface area (Å²) < 4.78 is 13.6. The van der Waals surface area contributed by atoms with E-state index in [1.165, 1.54) is 5.56 Å². The molecule has 31 heavy (non-hydrogen) atoms. The molecule has 2 fully saturated rings. The van der Waals surface area contributed by atoms with Crippen LogP contribution in [0.2, 0.25) is 18.1 Å². The van der Waals surface area contributed by atoms with Crippen LogP contribution in [0, 0.1) is 5.92 Å². The lowest BCUT2D eigenvalue weighted by atomic mass is 9.95. The molecular weight excluding hydrogens is 402 g/mol. The molecule has 0 radical (unpaired) electrons. The highest BCUT2D eigenvalue weighted by Crippen LogP contribution is 2.53. The molecule has 4 atom stereocenters. The largest absolute Gasteiger partial charge is 0.374 e. The predicted octanol–water partition coefficient (Wildman–Crippen LogP) is 5.91. The molecule has 4 nitrogen and oxygen atoms in total. The number of hydrogen-bond acceptors (Lipinski definition) is 3. The second-order valence-corrected chi connectivity index (χ2v) is 15.4. The van der Waals surface area contributed by atoms with Crippen molar-refractivity contribution in [2.24, 2.45) is 5.92 Å². The fourth-order valence-corrected chi connectivity index (χ4v) is 5.93. The first kappa shape index (κ1) is 22.2. The van der Waals surface area contributed by atoms with Crippen LogP contribution in [0.15, 0.2) is 60.7 Å².